The van der Waals surface area contributed by atoms with Gasteiger partial charge in [0, 0.05) is 0 Å². The van der Waals surface area contributed by atoms with Crippen molar-refractivity contribution >= 4 is 18.1 Å². The van der Waals surface area contributed by atoms with E-state index in [9.17, 15) is 23.2 Å². The van der Waals surface area contributed by atoms with Crippen LogP contribution in [-0.2, 0) is 14.3 Å². The van der Waals surface area contributed by atoms with Crippen LogP contribution >= 0.6 is 0 Å². The van der Waals surface area contributed by atoms with Crippen molar-refractivity contribution in [3.8, 4) is 5.75 Å². The SMILES string of the molecule is CC(C)(OC(=O)Oc1ccc(C(=O)OCC(F)(F)C(=O)O)cc1)C1CCCC1. The molecule has 154 valence electrons. The van der Waals surface area contributed by atoms with Crippen LogP contribution in [0.3, 0.4) is 0 Å². The molecule has 0 spiro atoms. The number of ether oxygens (including phenoxy) is 3. The van der Waals surface area contributed by atoms with E-state index in [0.29, 0.717) is 0 Å². The average Bonchev–Trinajstić information content (AvgIpc) is 3.15. The van der Waals surface area contributed by atoms with Crippen LogP contribution in [0.2, 0.25) is 0 Å². The van der Waals surface area contributed by atoms with Gasteiger partial charge >= 0.3 is 24.0 Å². The second kappa shape index (κ2) is 8.53. The molecule has 7 nitrogen and oxygen atoms in total. The highest BCUT2D eigenvalue weighted by atomic mass is 19.3. The molecule has 1 saturated carbocycles. The summed E-state index contributed by atoms with van der Waals surface area (Å²) in [7, 11) is 0. The molecule has 0 bridgehead atoms. The van der Waals surface area contributed by atoms with Gasteiger partial charge in [-0.05, 0) is 56.9 Å². The van der Waals surface area contributed by atoms with Crippen molar-refractivity contribution in [1.82, 2.24) is 0 Å². The molecular formula is C19H22F2O7. The molecular weight excluding hydrogens is 378 g/mol. The summed E-state index contributed by atoms with van der Waals surface area (Å²) in [6.07, 6.45) is 3.29. The average molecular weight is 400 g/mol. The Labute approximate surface area is 160 Å². The summed E-state index contributed by atoms with van der Waals surface area (Å²) in [6, 6.07) is 4.95. The zero-order valence-corrected chi connectivity index (χ0v) is 15.6. The van der Waals surface area contributed by atoms with Crippen LogP contribution in [-0.4, -0.2) is 41.3 Å². The van der Waals surface area contributed by atoms with Gasteiger partial charge in [-0.1, -0.05) is 12.8 Å². The summed E-state index contributed by atoms with van der Waals surface area (Å²) in [5.74, 6) is -7.32. The Morgan fingerprint density at radius 3 is 2.21 bits per heavy atom. The van der Waals surface area contributed by atoms with Crippen molar-refractivity contribution in [1.29, 1.82) is 0 Å². The van der Waals surface area contributed by atoms with E-state index in [2.05, 4.69) is 4.74 Å². The summed E-state index contributed by atoms with van der Waals surface area (Å²) in [6.45, 7) is 2.08. The highest BCUT2D eigenvalue weighted by Crippen LogP contribution is 2.36. The zero-order valence-electron chi connectivity index (χ0n) is 15.6. The number of hydrogen-bond acceptors (Lipinski definition) is 6. The summed E-state index contributed by atoms with van der Waals surface area (Å²) in [4.78, 5) is 34.0. The molecule has 0 unspecified atom stereocenters. The molecule has 1 aromatic rings. The predicted molar refractivity (Wildman–Crippen MR) is 92.5 cm³/mol. The number of carbonyl (C=O) groups is 3. The topological polar surface area (TPSA) is 99.1 Å². The van der Waals surface area contributed by atoms with E-state index < -0.39 is 36.2 Å². The monoisotopic (exact) mass is 400 g/mol. The van der Waals surface area contributed by atoms with Crippen LogP contribution in [0.25, 0.3) is 0 Å². The maximum atomic E-state index is 12.9. The number of hydrogen-bond donors (Lipinski definition) is 1. The molecule has 0 saturated heterocycles. The molecule has 0 radical (unpaired) electrons. The van der Waals surface area contributed by atoms with Gasteiger partial charge in [-0.15, -0.1) is 0 Å². The van der Waals surface area contributed by atoms with Crippen LogP contribution in [0.4, 0.5) is 13.6 Å². The first-order chi connectivity index (χ1) is 13.0. The smallest absolute Gasteiger partial charge is 0.477 e. The Kier molecular flexibility index (Phi) is 6.58. The summed E-state index contributed by atoms with van der Waals surface area (Å²) < 4.78 is 40.6. The largest absolute Gasteiger partial charge is 0.514 e. The molecule has 1 fully saturated rings. The normalized spacial score (nSPS) is 15.1. The van der Waals surface area contributed by atoms with E-state index in [0.717, 1.165) is 25.7 Å². The van der Waals surface area contributed by atoms with Crippen molar-refractivity contribution in [3.63, 3.8) is 0 Å². The second-order valence-electron chi connectivity index (χ2n) is 7.15. The quantitative estimate of drug-likeness (QED) is 0.544. The number of benzene rings is 1. The van der Waals surface area contributed by atoms with Gasteiger partial charge in [-0.3, -0.25) is 0 Å². The first kappa shape index (κ1) is 21.6. The van der Waals surface area contributed by atoms with Crippen molar-refractivity contribution in [2.45, 2.75) is 51.1 Å². The third-order valence-electron chi connectivity index (χ3n) is 4.67. The van der Waals surface area contributed by atoms with Gasteiger partial charge in [-0.2, -0.15) is 8.78 Å². The number of halogens is 2. The summed E-state index contributed by atoms with van der Waals surface area (Å²) >= 11 is 0. The molecule has 0 aromatic heterocycles. The van der Waals surface area contributed by atoms with E-state index in [1.165, 1.54) is 24.3 Å². The third-order valence-corrected chi connectivity index (χ3v) is 4.67. The lowest BCUT2D eigenvalue weighted by atomic mass is 9.89. The first-order valence-corrected chi connectivity index (χ1v) is 8.80. The number of esters is 1. The van der Waals surface area contributed by atoms with Crippen LogP contribution in [0.5, 0.6) is 5.75 Å². The summed E-state index contributed by atoms with van der Waals surface area (Å²) in [5, 5.41) is 8.29. The van der Waals surface area contributed by atoms with Gasteiger partial charge in [0.1, 0.15) is 11.4 Å². The van der Waals surface area contributed by atoms with E-state index in [4.69, 9.17) is 14.6 Å². The standard InChI is InChI=1S/C19H22F2O7/c1-18(2,13-5-3-4-6-13)28-17(25)27-14-9-7-12(8-10-14)15(22)26-11-19(20,21)16(23)24/h7-10,13H,3-6,11H2,1-2H3,(H,23,24). The third kappa shape index (κ3) is 5.64. The predicted octanol–water partition coefficient (Wildman–Crippen LogP) is 4.05. The molecule has 1 aliphatic rings. The number of carboxylic acids is 1. The fourth-order valence-electron chi connectivity index (χ4n) is 3.00. The molecule has 1 aromatic carbocycles. The van der Waals surface area contributed by atoms with Gasteiger partial charge in [-0.25, -0.2) is 14.4 Å². The fourth-order valence-corrected chi connectivity index (χ4v) is 3.00. The van der Waals surface area contributed by atoms with Gasteiger partial charge in [0.15, 0.2) is 6.61 Å². The van der Waals surface area contributed by atoms with Crippen molar-refractivity contribution in [2.24, 2.45) is 5.92 Å². The highest BCUT2D eigenvalue weighted by Gasteiger charge is 2.40. The Bertz CT molecular complexity index is 722. The van der Waals surface area contributed by atoms with E-state index in [1.807, 2.05) is 13.8 Å². The van der Waals surface area contributed by atoms with Gasteiger partial charge in [0.05, 0.1) is 5.56 Å². The molecule has 28 heavy (non-hydrogen) atoms. The van der Waals surface area contributed by atoms with Gasteiger partial charge in [0.25, 0.3) is 0 Å². The summed E-state index contributed by atoms with van der Waals surface area (Å²) in [5.41, 5.74) is -0.764. The lowest BCUT2D eigenvalue weighted by molar-refractivity contribution is -0.170. The minimum atomic E-state index is -4.17. The van der Waals surface area contributed by atoms with E-state index >= 15 is 0 Å². The molecule has 0 aliphatic heterocycles. The van der Waals surface area contributed by atoms with Crippen LogP contribution < -0.4 is 4.74 Å². The van der Waals surface area contributed by atoms with Crippen LogP contribution in [0.15, 0.2) is 24.3 Å². The molecule has 0 atom stereocenters. The fraction of sp³-hybridized carbons (Fsp3) is 0.526. The van der Waals surface area contributed by atoms with Crippen molar-refractivity contribution in [2.75, 3.05) is 6.61 Å². The molecule has 0 amide bonds. The highest BCUT2D eigenvalue weighted by molar-refractivity contribution is 5.90. The lowest BCUT2D eigenvalue weighted by Crippen LogP contribution is -2.36. The van der Waals surface area contributed by atoms with Gasteiger partial charge < -0.3 is 19.3 Å². The van der Waals surface area contributed by atoms with Crippen LogP contribution in [0.1, 0.15) is 49.9 Å². The molecule has 0 heterocycles. The zero-order chi connectivity index (χ0) is 20.9. The number of carbonyl (C=O) groups excluding carboxylic acids is 2. The van der Waals surface area contributed by atoms with E-state index in [1.54, 1.807) is 0 Å². The molecule has 1 aliphatic carbocycles. The maximum absolute atomic E-state index is 12.9. The molecule has 2 rings (SSSR count). The Balaban J connectivity index is 1.88. The Morgan fingerprint density at radius 1 is 1.11 bits per heavy atom. The number of alkyl halides is 2. The van der Waals surface area contributed by atoms with Crippen molar-refractivity contribution in [3.05, 3.63) is 29.8 Å². The molecule has 1 N–H and O–H groups in total. The van der Waals surface area contributed by atoms with Crippen molar-refractivity contribution < 1.29 is 42.5 Å². The maximum Gasteiger partial charge on any atom is 0.514 e. The number of rotatable bonds is 7. The lowest BCUT2D eigenvalue weighted by Gasteiger charge is -2.30. The minimum Gasteiger partial charge on any atom is -0.477 e. The second-order valence-corrected chi connectivity index (χ2v) is 7.15. The van der Waals surface area contributed by atoms with Crippen LogP contribution in [0, 0.1) is 5.92 Å². The first-order valence-electron chi connectivity index (χ1n) is 8.80. The number of aliphatic carboxylic acids is 1. The minimum absolute atomic E-state index is 0.0969. The molecule has 9 heteroatoms. The Hall–Kier alpha value is -2.71. The van der Waals surface area contributed by atoms with E-state index in [-0.39, 0.29) is 17.2 Å². The Morgan fingerprint density at radius 2 is 1.68 bits per heavy atom. The van der Waals surface area contributed by atoms with Gasteiger partial charge in [0.2, 0.25) is 0 Å². The number of carboxylic acid groups (broad SMARTS) is 1.